The summed E-state index contributed by atoms with van der Waals surface area (Å²) in [4.78, 5) is 123. The first-order valence-corrected chi connectivity index (χ1v) is 26.8. The van der Waals surface area contributed by atoms with E-state index in [1.54, 1.807) is 7.05 Å². The molecule has 75 heavy (non-hydrogen) atoms. The van der Waals surface area contributed by atoms with Crippen molar-refractivity contribution in [3.63, 3.8) is 0 Å². The molecule has 0 rings (SSSR count). The van der Waals surface area contributed by atoms with Gasteiger partial charge in [-0.25, -0.2) is 0 Å². The van der Waals surface area contributed by atoms with Gasteiger partial charge in [0.05, 0.1) is 39.0 Å². The zero-order chi connectivity index (χ0) is 56.1. The molecule has 0 unspecified atom stereocenters. The zero-order valence-electron chi connectivity index (χ0n) is 44.3. The number of carbonyl (C=O) groups excluding carboxylic acids is 6. The summed E-state index contributed by atoms with van der Waals surface area (Å²) < 4.78 is 10.8. The van der Waals surface area contributed by atoms with E-state index < -0.39 is 91.2 Å². The Bertz CT molecular complexity index is 1660. The van der Waals surface area contributed by atoms with E-state index in [4.69, 9.17) is 26.0 Å². The van der Waals surface area contributed by atoms with E-state index in [-0.39, 0.29) is 83.2 Å². The molecule has 0 aliphatic heterocycles. The standard InChI is InChI=1S/C50H91N9O16/c1-53-38(21-14-17-27-51)48(71)58-40(25-26-44(64)65)50(73)57-39(22-16-19-30-59(34-45(66)67)35-46(68)69)49(72)56-37(47(52)70)20-15-18-28-54-42(61)36-75-33-32-74-31-29-55-41(60)23-12-10-8-6-4-2-3-5-7-9-11-13-24-43(62)63/h37-40,53H,2-36,51H2,1H3,(H2,52,70)(H,54,61)(H,55,60)(H,56,72)(H,57,73)(H,58,71)(H,62,63)(H,64,65)(H,66,67)(H,68,69)/t37-,38-,39-,40-/m0/s1. The van der Waals surface area contributed by atoms with Gasteiger partial charge in [0.15, 0.2) is 0 Å². The Morgan fingerprint density at radius 2 is 0.907 bits per heavy atom. The molecule has 4 atom stereocenters. The normalized spacial score (nSPS) is 12.7. The molecule has 25 nitrogen and oxygen atoms in total. The maximum absolute atomic E-state index is 13.7. The van der Waals surface area contributed by atoms with Gasteiger partial charge in [0, 0.05) is 32.4 Å². The molecular weight excluding hydrogens is 983 g/mol. The molecule has 0 bridgehead atoms. The molecule has 0 fully saturated rings. The van der Waals surface area contributed by atoms with E-state index in [0.29, 0.717) is 58.2 Å². The van der Waals surface area contributed by atoms with Crippen LogP contribution in [0.4, 0.5) is 0 Å². The SMILES string of the molecule is CN[C@@H](CCCCN)C(=O)N[C@@H](CCC(=O)O)C(=O)N[C@@H](CCCCN(CC(=O)O)CC(=O)O)C(=O)N[C@@H](CCCCNC(=O)COCCOCCNC(=O)CCCCCCCCCCCCCCC(=O)O)C(N)=O. The number of nitrogens with two attached hydrogens (primary N) is 2. The van der Waals surface area contributed by atoms with E-state index in [0.717, 1.165) is 51.4 Å². The third-order valence-corrected chi connectivity index (χ3v) is 12.1. The van der Waals surface area contributed by atoms with Crippen LogP contribution in [0.5, 0.6) is 0 Å². The van der Waals surface area contributed by atoms with Crippen LogP contribution in [0.3, 0.4) is 0 Å². The number of unbranched alkanes of at least 4 members (excludes halogenated alkanes) is 14. The number of rotatable bonds is 52. The fraction of sp³-hybridized carbons (Fsp3) is 0.800. The predicted octanol–water partition coefficient (Wildman–Crippen LogP) is 1.13. The average molecular weight is 1070 g/mol. The van der Waals surface area contributed by atoms with Crippen LogP contribution in [0.1, 0.15) is 161 Å². The smallest absolute Gasteiger partial charge is 0.317 e. The Morgan fingerprint density at radius 3 is 1.44 bits per heavy atom. The molecular formula is C50H91N9O16. The van der Waals surface area contributed by atoms with Crippen molar-refractivity contribution < 1.29 is 77.8 Å². The molecule has 432 valence electrons. The third-order valence-electron chi connectivity index (χ3n) is 12.1. The monoisotopic (exact) mass is 1070 g/mol. The molecule has 0 aromatic carbocycles. The van der Waals surface area contributed by atoms with Crippen molar-refractivity contribution >= 4 is 59.3 Å². The van der Waals surface area contributed by atoms with Crippen LogP contribution >= 0.6 is 0 Å². The van der Waals surface area contributed by atoms with Gasteiger partial charge in [-0.2, -0.15) is 0 Å². The second-order valence-corrected chi connectivity index (χ2v) is 18.6. The van der Waals surface area contributed by atoms with Crippen LogP contribution in [0.15, 0.2) is 0 Å². The van der Waals surface area contributed by atoms with Gasteiger partial charge in [-0.1, -0.05) is 70.6 Å². The van der Waals surface area contributed by atoms with Crippen molar-refractivity contribution in [1.82, 2.24) is 36.8 Å². The van der Waals surface area contributed by atoms with E-state index in [1.807, 2.05) is 0 Å². The molecule has 0 saturated heterocycles. The lowest BCUT2D eigenvalue weighted by atomic mass is 10.0. The maximum Gasteiger partial charge on any atom is 0.317 e. The molecule has 0 aliphatic rings. The first-order chi connectivity index (χ1) is 35.9. The topological polar surface area (TPSA) is 398 Å². The van der Waals surface area contributed by atoms with Gasteiger partial charge < -0.3 is 73.3 Å². The Hall–Kier alpha value is -5.50. The molecule has 0 spiro atoms. The fourth-order valence-corrected chi connectivity index (χ4v) is 7.91. The van der Waals surface area contributed by atoms with E-state index >= 15 is 0 Å². The van der Waals surface area contributed by atoms with Crippen LogP contribution in [0.25, 0.3) is 0 Å². The highest BCUT2D eigenvalue weighted by molar-refractivity contribution is 5.94. The lowest BCUT2D eigenvalue weighted by Gasteiger charge is -2.26. The van der Waals surface area contributed by atoms with Gasteiger partial charge in [-0.3, -0.25) is 52.8 Å². The number of primary amides is 1. The quantitative estimate of drug-likeness (QED) is 0.0380. The molecule has 0 heterocycles. The summed E-state index contributed by atoms with van der Waals surface area (Å²) in [6.07, 6.45) is 15.4. The van der Waals surface area contributed by atoms with Crippen molar-refractivity contribution in [3.05, 3.63) is 0 Å². The molecule has 14 N–H and O–H groups in total. The summed E-state index contributed by atoms with van der Waals surface area (Å²) in [7, 11) is 1.55. The molecule has 25 heteroatoms. The van der Waals surface area contributed by atoms with Crippen LogP contribution in [0.2, 0.25) is 0 Å². The number of aliphatic carboxylic acids is 4. The first kappa shape index (κ1) is 69.5. The molecule has 6 amide bonds. The summed E-state index contributed by atoms with van der Waals surface area (Å²) in [6, 6.07) is -4.67. The predicted molar refractivity (Wildman–Crippen MR) is 277 cm³/mol. The number of carboxylic acid groups (broad SMARTS) is 4. The molecule has 0 saturated carbocycles. The summed E-state index contributed by atoms with van der Waals surface area (Å²) in [5.74, 6) is -8.03. The summed E-state index contributed by atoms with van der Waals surface area (Å²) >= 11 is 0. The minimum Gasteiger partial charge on any atom is -0.481 e. The Balaban J connectivity index is 4.87. The maximum atomic E-state index is 13.7. The second kappa shape index (κ2) is 45.9. The van der Waals surface area contributed by atoms with Crippen molar-refractivity contribution in [2.75, 3.05) is 72.7 Å². The van der Waals surface area contributed by atoms with E-state index in [1.165, 1.54) is 30.6 Å². The number of ether oxygens (including phenoxy) is 2. The number of likely N-dealkylation sites (N-methyl/N-ethyl adjacent to an activating group) is 1. The summed E-state index contributed by atoms with van der Waals surface area (Å²) in [5.41, 5.74) is 11.2. The van der Waals surface area contributed by atoms with Crippen LogP contribution in [-0.2, 0) is 57.4 Å². The summed E-state index contributed by atoms with van der Waals surface area (Å²) in [6.45, 7) is 0.316. The number of nitrogens with zero attached hydrogens (tertiary/aromatic N) is 1. The van der Waals surface area contributed by atoms with Gasteiger partial charge in [0.1, 0.15) is 24.7 Å². The fourth-order valence-electron chi connectivity index (χ4n) is 7.91. The highest BCUT2D eigenvalue weighted by Gasteiger charge is 2.31. The van der Waals surface area contributed by atoms with E-state index in [2.05, 4.69) is 31.9 Å². The van der Waals surface area contributed by atoms with Crippen molar-refractivity contribution in [2.45, 2.75) is 185 Å². The van der Waals surface area contributed by atoms with Gasteiger partial charge in [0.25, 0.3) is 0 Å². The number of amides is 6. The highest BCUT2D eigenvalue weighted by Crippen LogP contribution is 2.14. The highest BCUT2D eigenvalue weighted by atomic mass is 16.5. The number of carbonyl (C=O) groups is 10. The van der Waals surface area contributed by atoms with Gasteiger partial charge >= 0.3 is 23.9 Å². The minimum absolute atomic E-state index is 0.0178. The van der Waals surface area contributed by atoms with Gasteiger partial charge in [-0.05, 0) is 90.8 Å². The first-order valence-electron chi connectivity index (χ1n) is 26.8. The average Bonchev–Trinajstić information content (AvgIpc) is 3.34. The lowest BCUT2D eigenvalue weighted by Crippen LogP contribution is -2.57. The van der Waals surface area contributed by atoms with Crippen molar-refractivity contribution in [1.29, 1.82) is 0 Å². The zero-order valence-corrected chi connectivity index (χ0v) is 44.3. The molecule has 0 aromatic rings. The minimum atomic E-state index is -1.38. The third kappa shape index (κ3) is 41.4. The van der Waals surface area contributed by atoms with Crippen LogP contribution < -0.4 is 43.4 Å². The van der Waals surface area contributed by atoms with Gasteiger partial charge in [-0.15, -0.1) is 0 Å². The number of carboxylic acids is 4. The largest absolute Gasteiger partial charge is 0.481 e. The Kier molecular flexibility index (Phi) is 42.5. The molecule has 0 radical (unpaired) electrons. The van der Waals surface area contributed by atoms with Crippen molar-refractivity contribution in [2.24, 2.45) is 11.5 Å². The number of nitrogens with one attached hydrogen (secondary N) is 6. The lowest BCUT2D eigenvalue weighted by molar-refractivity contribution is -0.142. The van der Waals surface area contributed by atoms with Crippen molar-refractivity contribution in [3.8, 4) is 0 Å². The second-order valence-electron chi connectivity index (χ2n) is 18.6. The number of hydrogen-bond donors (Lipinski definition) is 12. The summed E-state index contributed by atoms with van der Waals surface area (Å²) in [5, 5.41) is 52.5. The van der Waals surface area contributed by atoms with E-state index in [9.17, 15) is 63.3 Å². The van der Waals surface area contributed by atoms with Crippen LogP contribution in [0, 0.1) is 0 Å². The van der Waals surface area contributed by atoms with Gasteiger partial charge in [0.2, 0.25) is 35.4 Å². The number of hydrogen-bond acceptors (Lipinski definition) is 15. The Labute approximate surface area is 441 Å². The van der Waals surface area contributed by atoms with Crippen LogP contribution in [-0.4, -0.2) is 182 Å². The Morgan fingerprint density at radius 1 is 0.453 bits per heavy atom. The molecule has 0 aliphatic carbocycles. The molecule has 0 aromatic heterocycles.